The van der Waals surface area contributed by atoms with Crippen LogP contribution in [0, 0.1) is 6.61 Å². The molecule has 13 heavy (non-hydrogen) atoms. The van der Waals surface area contributed by atoms with Crippen molar-refractivity contribution in [3.63, 3.8) is 0 Å². The Morgan fingerprint density at radius 3 is 2.85 bits per heavy atom. The molecule has 0 unspecified atom stereocenters. The lowest BCUT2D eigenvalue weighted by Gasteiger charge is -2.04. The molecule has 0 aliphatic rings. The van der Waals surface area contributed by atoms with Crippen LogP contribution in [0.15, 0.2) is 18.2 Å². The van der Waals surface area contributed by atoms with Gasteiger partial charge in [-0.1, -0.05) is 11.6 Å². The van der Waals surface area contributed by atoms with E-state index < -0.39 is 5.97 Å². The highest BCUT2D eigenvalue weighted by atomic mass is 35.5. The Labute approximate surface area is 80.9 Å². The van der Waals surface area contributed by atoms with E-state index in [2.05, 4.69) is 4.74 Å². The summed E-state index contributed by atoms with van der Waals surface area (Å²) >= 11 is 5.66. The van der Waals surface area contributed by atoms with Crippen molar-refractivity contribution in [2.45, 2.75) is 0 Å². The summed E-state index contributed by atoms with van der Waals surface area (Å²) in [5.41, 5.74) is 0.633. The summed E-state index contributed by atoms with van der Waals surface area (Å²) in [5.74, 6) is -0.503. The third kappa shape index (κ3) is 2.20. The Morgan fingerprint density at radius 1 is 1.62 bits per heavy atom. The van der Waals surface area contributed by atoms with E-state index in [1.54, 1.807) is 6.07 Å². The molecule has 3 nitrogen and oxygen atoms in total. The highest BCUT2D eigenvalue weighted by Gasteiger charge is 2.11. The molecular weight excluding hydrogens is 192 g/mol. The molecule has 1 radical (unpaired) electrons. The summed E-state index contributed by atoms with van der Waals surface area (Å²) in [6, 6.07) is 4.53. The van der Waals surface area contributed by atoms with Crippen LogP contribution in [-0.2, 0) is 4.74 Å². The molecule has 0 saturated carbocycles. The summed E-state index contributed by atoms with van der Waals surface area (Å²) in [6.45, 7) is 0.818. The van der Waals surface area contributed by atoms with Crippen molar-refractivity contribution in [3.8, 4) is 0 Å². The third-order valence-corrected chi connectivity index (χ3v) is 1.79. The summed E-state index contributed by atoms with van der Waals surface area (Å²) in [5, 5.41) is 9.25. The number of carbonyl (C=O) groups is 1. The molecule has 0 aliphatic heterocycles. The average molecular weight is 200 g/mol. The van der Waals surface area contributed by atoms with E-state index in [0.29, 0.717) is 10.6 Å². The maximum Gasteiger partial charge on any atom is 0.338 e. The van der Waals surface area contributed by atoms with Gasteiger partial charge in [0.15, 0.2) is 0 Å². The van der Waals surface area contributed by atoms with E-state index >= 15 is 0 Å². The van der Waals surface area contributed by atoms with Crippen LogP contribution in [0.1, 0.15) is 15.9 Å². The van der Waals surface area contributed by atoms with E-state index in [4.69, 9.17) is 16.7 Å². The standard InChI is InChI=1S/C9H8ClO3/c1-13-9(12)8-3-2-7(10)4-6(8)5-11/h2-5,11H,1H3. The molecule has 1 aromatic rings. The Bertz CT molecular complexity index is 323. The van der Waals surface area contributed by atoms with Gasteiger partial charge in [-0.15, -0.1) is 0 Å². The normalized spacial score (nSPS) is 9.77. The SMILES string of the molecule is COC(=O)c1ccc(Cl)cc1[CH]O. The molecule has 0 aromatic heterocycles. The van der Waals surface area contributed by atoms with Crippen molar-refractivity contribution in [2.24, 2.45) is 0 Å². The van der Waals surface area contributed by atoms with Crippen LogP contribution >= 0.6 is 11.6 Å². The van der Waals surface area contributed by atoms with Gasteiger partial charge >= 0.3 is 5.97 Å². The van der Waals surface area contributed by atoms with Crippen molar-refractivity contribution in [1.82, 2.24) is 0 Å². The van der Waals surface area contributed by atoms with Crippen LogP contribution in [0.4, 0.5) is 0 Å². The van der Waals surface area contributed by atoms with Gasteiger partial charge in [0, 0.05) is 5.02 Å². The first-order valence-electron chi connectivity index (χ1n) is 3.54. The van der Waals surface area contributed by atoms with E-state index in [1.807, 2.05) is 0 Å². The summed E-state index contributed by atoms with van der Waals surface area (Å²) in [4.78, 5) is 11.1. The zero-order valence-electron chi connectivity index (χ0n) is 6.95. The molecule has 1 N–H and O–H groups in total. The van der Waals surface area contributed by atoms with Crippen molar-refractivity contribution in [1.29, 1.82) is 0 Å². The molecule has 0 amide bonds. The first-order chi connectivity index (χ1) is 6.19. The van der Waals surface area contributed by atoms with Crippen LogP contribution in [0.5, 0.6) is 0 Å². The van der Waals surface area contributed by atoms with Crippen molar-refractivity contribution in [3.05, 3.63) is 41.0 Å². The molecule has 0 heterocycles. The Hall–Kier alpha value is -1.06. The smallest absolute Gasteiger partial charge is 0.338 e. The van der Waals surface area contributed by atoms with Gasteiger partial charge in [0.1, 0.15) is 6.61 Å². The average Bonchev–Trinajstić information content (AvgIpc) is 2.16. The summed E-state index contributed by atoms with van der Waals surface area (Å²) in [6.07, 6.45) is 0. The van der Waals surface area contributed by atoms with E-state index in [9.17, 15) is 4.79 Å². The minimum absolute atomic E-state index is 0.286. The van der Waals surface area contributed by atoms with Gasteiger partial charge in [-0.25, -0.2) is 4.79 Å². The fourth-order valence-electron chi connectivity index (χ4n) is 0.936. The molecule has 1 aromatic carbocycles. The maximum atomic E-state index is 11.1. The van der Waals surface area contributed by atoms with Gasteiger partial charge in [-0.05, 0) is 23.8 Å². The van der Waals surface area contributed by atoms with Gasteiger partial charge in [0.25, 0.3) is 0 Å². The quantitative estimate of drug-likeness (QED) is 0.742. The number of aliphatic hydroxyl groups excluding tert-OH is 1. The molecule has 0 bridgehead atoms. The van der Waals surface area contributed by atoms with Crippen molar-refractivity contribution in [2.75, 3.05) is 7.11 Å². The lowest BCUT2D eigenvalue weighted by molar-refractivity contribution is 0.0599. The topological polar surface area (TPSA) is 46.5 Å². The van der Waals surface area contributed by atoms with Crippen LogP contribution in [0.3, 0.4) is 0 Å². The predicted molar refractivity (Wildman–Crippen MR) is 48.1 cm³/mol. The van der Waals surface area contributed by atoms with Gasteiger partial charge < -0.3 is 9.84 Å². The fourth-order valence-corrected chi connectivity index (χ4v) is 1.12. The molecular formula is C9H8ClO3. The number of methoxy groups -OCH3 is 1. The number of rotatable bonds is 2. The number of ether oxygens (including phenoxy) is 1. The molecule has 0 aliphatic carbocycles. The van der Waals surface area contributed by atoms with Gasteiger partial charge in [-0.2, -0.15) is 0 Å². The number of hydrogen-bond acceptors (Lipinski definition) is 3. The minimum atomic E-state index is -0.503. The van der Waals surface area contributed by atoms with Gasteiger partial charge in [0.2, 0.25) is 0 Å². The Morgan fingerprint density at radius 2 is 2.31 bits per heavy atom. The number of aliphatic hydroxyl groups is 1. The summed E-state index contributed by atoms with van der Waals surface area (Å²) < 4.78 is 4.51. The minimum Gasteiger partial charge on any atom is -0.465 e. The van der Waals surface area contributed by atoms with Gasteiger partial charge in [0.05, 0.1) is 12.7 Å². The highest BCUT2D eigenvalue weighted by molar-refractivity contribution is 6.30. The van der Waals surface area contributed by atoms with E-state index in [-0.39, 0.29) is 5.56 Å². The monoisotopic (exact) mass is 199 g/mol. The zero-order valence-corrected chi connectivity index (χ0v) is 7.71. The van der Waals surface area contributed by atoms with Crippen LogP contribution in [0.25, 0.3) is 0 Å². The van der Waals surface area contributed by atoms with Crippen molar-refractivity contribution >= 4 is 17.6 Å². The first kappa shape index (κ1) is 10.0. The second-order valence-corrected chi connectivity index (χ2v) is 2.79. The second kappa shape index (κ2) is 4.25. The summed E-state index contributed by atoms with van der Waals surface area (Å²) in [7, 11) is 1.28. The van der Waals surface area contributed by atoms with Crippen molar-refractivity contribution < 1.29 is 14.6 Å². The largest absolute Gasteiger partial charge is 0.465 e. The molecule has 0 atom stereocenters. The van der Waals surface area contributed by atoms with Crippen LogP contribution in [0.2, 0.25) is 5.02 Å². The molecule has 0 spiro atoms. The lowest BCUT2D eigenvalue weighted by Crippen LogP contribution is -2.04. The third-order valence-electron chi connectivity index (χ3n) is 1.56. The van der Waals surface area contributed by atoms with E-state index in [1.165, 1.54) is 19.2 Å². The van der Waals surface area contributed by atoms with E-state index in [0.717, 1.165) is 6.61 Å². The van der Waals surface area contributed by atoms with Crippen LogP contribution < -0.4 is 0 Å². The van der Waals surface area contributed by atoms with Gasteiger partial charge in [-0.3, -0.25) is 0 Å². The molecule has 4 heteroatoms. The van der Waals surface area contributed by atoms with Crippen LogP contribution in [-0.4, -0.2) is 18.2 Å². The Kier molecular flexibility index (Phi) is 3.28. The highest BCUT2D eigenvalue weighted by Crippen LogP contribution is 2.17. The Balaban J connectivity index is 3.13. The molecule has 69 valence electrons. The number of carbonyl (C=O) groups excluding carboxylic acids is 1. The lowest BCUT2D eigenvalue weighted by atomic mass is 10.1. The number of halogens is 1. The zero-order chi connectivity index (χ0) is 9.84. The number of esters is 1. The predicted octanol–water partition coefficient (Wildman–Crippen LogP) is 2.01. The molecule has 0 fully saturated rings. The molecule has 1 rings (SSSR count). The molecule has 0 saturated heterocycles. The number of hydrogen-bond donors (Lipinski definition) is 1. The first-order valence-corrected chi connectivity index (χ1v) is 3.92. The second-order valence-electron chi connectivity index (χ2n) is 2.35. The fraction of sp³-hybridized carbons (Fsp3) is 0.111. The maximum absolute atomic E-state index is 11.1. The number of benzene rings is 1.